The first-order chi connectivity index (χ1) is 17.6. The summed E-state index contributed by atoms with van der Waals surface area (Å²) in [5, 5.41) is 7.31. The van der Waals surface area contributed by atoms with E-state index in [2.05, 4.69) is 15.1 Å². The number of carbonyl (C=O) groups is 2. The smallest absolute Gasteiger partial charge is 0.342 e. The van der Waals surface area contributed by atoms with E-state index in [-0.39, 0.29) is 29.5 Å². The van der Waals surface area contributed by atoms with Gasteiger partial charge in [-0.15, -0.1) is 0 Å². The molecular weight excluding hydrogens is 479 g/mol. The van der Waals surface area contributed by atoms with Crippen molar-refractivity contribution in [1.29, 1.82) is 0 Å². The van der Waals surface area contributed by atoms with Crippen molar-refractivity contribution in [3.8, 4) is 5.75 Å². The zero-order chi connectivity index (χ0) is 26.7. The average Bonchev–Trinajstić information content (AvgIpc) is 3.18. The van der Waals surface area contributed by atoms with Crippen LogP contribution in [0.25, 0.3) is 5.57 Å². The number of nitrogens with zero attached hydrogens (tertiary/aromatic N) is 3. The molecule has 1 N–H and O–H groups in total. The van der Waals surface area contributed by atoms with E-state index in [4.69, 9.17) is 14.2 Å². The van der Waals surface area contributed by atoms with Crippen molar-refractivity contribution in [2.24, 2.45) is 0 Å². The Morgan fingerprint density at radius 3 is 2.65 bits per heavy atom. The minimum Gasteiger partial charge on any atom is -0.489 e. The number of fused-ring (bicyclic) bond motifs is 1. The van der Waals surface area contributed by atoms with Crippen LogP contribution in [0.4, 0.5) is 4.39 Å². The molecule has 10 heteroatoms. The molecule has 0 aliphatic carbocycles. The fourth-order valence-corrected chi connectivity index (χ4v) is 4.80. The summed E-state index contributed by atoms with van der Waals surface area (Å²) in [5.41, 5.74) is 1.89. The number of esters is 1. The number of amides is 1. The molecule has 3 heterocycles. The van der Waals surface area contributed by atoms with E-state index in [1.807, 2.05) is 20.8 Å². The highest BCUT2D eigenvalue weighted by Crippen LogP contribution is 2.37. The van der Waals surface area contributed by atoms with Gasteiger partial charge < -0.3 is 19.1 Å². The molecule has 1 saturated heterocycles. The van der Waals surface area contributed by atoms with E-state index >= 15 is 0 Å². The van der Waals surface area contributed by atoms with Crippen LogP contribution in [0.15, 0.2) is 24.4 Å². The van der Waals surface area contributed by atoms with Crippen LogP contribution in [0.5, 0.6) is 5.75 Å². The van der Waals surface area contributed by atoms with Crippen molar-refractivity contribution >= 4 is 17.4 Å². The van der Waals surface area contributed by atoms with E-state index in [1.165, 1.54) is 29.3 Å². The Balaban J connectivity index is 1.55. The molecule has 37 heavy (non-hydrogen) atoms. The summed E-state index contributed by atoms with van der Waals surface area (Å²) in [7, 11) is 0. The molecular formula is C27H35FN4O5. The third-order valence-electron chi connectivity index (χ3n) is 6.50. The van der Waals surface area contributed by atoms with Gasteiger partial charge in [-0.25, -0.2) is 9.18 Å². The number of hydrogen-bond donors (Lipinski definition) is 1. The van der Waals surface area contributed by atoms with E-state index in [9.17, 15) is 14.0 Å². The number of morpholine rings is 1. The molecule has 4 rings (SSSR count). The Hall–Kier alpha value is -3.24. The number of aryl methyl sites for hydroxylation is 1. The zero-order valence-electron chi connectivity index (χ0n) is 22.1. The number of aromatic amines is 1. The number of rotatable bonds is 7. The van der Waals surface area contributed by atoms with Gasteiger partial charge in [0, 0.05) is 54.6 Å². The van der Waals surface area contributed by atoms with Gasteiger partial charge in [-0.3, -0.25) is 14.8 Å². The minimum atomic E-state index is -0.616. The van der Waals surface area contributed by atoms with Crippen LogP contribution in [0.2, 0.25) is 0 Å². The number of H-pyrrole nitrogens is 1. The molecule has 1 aromatic heterocycles. The highest BCUT2D eigenvalue weighted by Gasteiger charge is 2.38. The first-order valence-corrected chi connectivity index (χ1v) is 12.6. The molecule has 1 aromatic carbocycles. The van der Waals surface area contributed by atoms with E-state index in [0.29, 0.717) is 32.1 Å². The maximum Gasteiger partial charge on any atom is 0.342 e. The Morgan fingerprint density at radius 2 is 1.97 bits per heavy atom. The van der Waals surface area contributed by atoms with Crippen LogP contribution in [0, 0.1) is 12.7 Å². The molecule has 2 aromatic rings. The number of ether oxygens (including phenoxy) is 3. The Morgan fingerprint density at radius 1 is 1.24 bits per heavy atom. The van der Waals surface area contributed by atoms with E-state index in [0.717, 1.165) is 24.3 Å². The van der Waals surface area contributed by atoms with Gasteiger partial charge >= 0.3 is 5.97 Å². The van der Waals surface area contributed by atoms with Crippen molar-refractivity contribution in [2.45, 2.75) is 46.1 Å². The largest absolute Gasteiger partial charge is 0.489 e. The minimum absolute atomic E-state index is 0.0912. The Labute approximate surface area is 216 Å². The number of benzene rings is 1. The van der Waals surface area contributed by atoms with E-state index < -0.39 is 23.1 Å². The lowest BCUT2D eigenvalue weighted by Crippen LogP contribution is -2.38. The molecule has 0 saturated carbocycles. The molecule has 0 atom stereocenters. The predicted octanol–water partition coefficient (Wildman–Crippen LogP) is 3.29. The average molecular weight is 515 g/mol. The zero-order valence-corrected chi connectivity index (χ0v) is 22.1. The van der Waals surface area contributed by atoms with Gasteiger partial charge in [-0.05, 0) is 39.0 Å². The second-order valence-corrected chi connectivity index (χ2v) is 10.3. The van der Waals surface area contributed by atoms with Gasteiger partial charge in [0.1, 0.15) is 17.9 Å². The Kier molecular flexibility index (Phi) is 7.99. The maximum absolute atomic E-state index is 14.9. The first-order valence-electron chi connectivity index (χ1n) is 12.6. The van der Waals surface area contributed by atoms with Crippen LogP contribution in [0.3, 0.4) is 0 Å². The van der Waals surface area contributed by atoms with Gasteiger partial charge in [0.15, 0.2) is 11.6 Å². The van der Waals surface area contributed by atoms with Crippen LogP contribution in [-0.2, 0) is 19.7 Å². The summed E-state index contributed by atoms with van der Waals surface area (Å²) in [5.74, 6) is -1.54. The Bertz CT molecular complexity index is 1180. The van der Waals surface area contributed by atoms with Gasteiger partial charge in [0.25, 0.3) is 5.91 Å². The van der Waals surface area contributed by atoms with Gasteiger partial charge in [-0.2, -0.15) is 5.10 Å². The van der Waals surface area contributed by atoms with Crippen molar-refractivity contribution in [3.05, 3.63) is 52.7 Å². The third-order valence-corrected chi connectivity index (χ3v) is 6.50. The van der Waals surface area contributed by atoms with Crippen LogP contribution < -0.4 is 4.74 Å². The molecule has 0 bridgehead atoms. The van der Waals surface area contributed by atoms with Crippen molar-refractivity contribution in [1.82, 2.24) is 20.0 Å². The molecule has 200 valence electrons. The molecule has 9 nitrogen and oxygen atoms in total. The van der Waals surface area contributed by atoms with Gasteiger partial charge in [0.05, 0.1) is 19.3 Å². The molecule has 1 amide bonds. The fraction of sp³-hybridized carbons (Fsp3) is 0.519. The lowest BCUT2D eigenvalue weighted by atomic mass is 9.82. The van der Waals surface area contributed by atoms with E-state index in [1.54, 1.807) is 13.8 Å². The summed E-state index contributed by atoms with van der Waals surface area (Å²) < 4.78 is 31.3. The summed E-state index contributed by atoms with van der Waals surface area (Å²) in [4.78, 5) is 30.2. The molecule has 2 aliphatic heterocycles. The van der Waals surface area contributed by atoms with Crippen molar-refractivity contribution in [2.75, 3.05) is 46.0 Å². The van der Waals surface area contributed by atoms with Crippen LogP contribution >= 0.6 is 0 Å². The van der Waals surface area contributed by atoms with Crippen LogP contribution in [0.1, 0.15) is 55.0 Å². The molecule has 0 unspecified atom stereocenters. The normalized spacial score (nSPS) is 17.7. The molecule has 0 radical (unpaired) electrons. The van der Waals surface area contributed by atoms with Crippen LogP contribution in [-0.4, -0.2) is 84.0 Å². The third kappa shape index (κ3) is 6.02. The lowest BCUT2D eigenvalue weighted by Gasteiger charge is -2.29. The number of halogens is 1. The topological polar surface area (TPSA) is 97.0 Å². The number of aromatic nitrogens is 2. The number of nitrogens with one attached hydrogen (secondary N) is 1. The monoisotopic (exact) mass is 514 g/mol. The molecule has 1 fully saturated rings. The molecule has 2 aliphatic rings. The summed E-state index contributed by atoms with van der Waals surface area (Å²) in [6.07, 6.45) is 1.12. The lowest BCUT2D eigenvalue weighted by molar-refractivity contribution is -0.140. The van der Waals surface area contributed by atoms with Gasteiger partial charge in [0.2, 0.25) is 0 Å². The highest BCUT2D eigenvalue weighted by atomic mass is 19.1. The SMILES string of the molecule is Cc1[nH]nc2c1C(C)(C)CN(C(=O)c1ccc(OCCN3CCOCC3)c(F)c1)C=C2C(=O)OC(C)C. The summed E-state index contributed by atoms with van der Waals surface area (Å²) in [6.45, 7) is 13.6. The summed E-state index contributed by atoms with van der Waals surface area (Å²) in [6, 6.07) is 4.18. The second kappa shape index (κ2) is 11.0. The molecule has 0 spiro atoms. The first kappa shape index (κ1) is 26.8. The number of carbonyl (C=O) groups excluding carboxylic acids is 2. The van der Waals surface area contributed by atoms with Gasteiger partial charge in [-0.1, -0.05) is 13.8 Å². The predicted molar refractivity (Wildman–Crippen MR) is 136 cm³/mol. The highest BCUT2D eigenvalue weighted by molar-refractivity contribution is 6.17. The number of hydrogen-bond acceptors (Lipinski definition) is 7. The standard InChI is InChI=1S/C27H35FN4O5/c1-17(2)37-26(34)20-15-32(16-27(4,5)23-18(3)29-30-24(20)23)25(33)19-6-7-22(21(28)14-19)36-13-10-31-8-11-35-12-9-31/h6-7,14-15,17H,8-13,16H2,1-5H3,(H,29,30). The van der Waals surface area contributed by atoms with Crippen molar-refractivity contribution < 1.29 is 28.2 Å². The maximum atomic E-state index is 14.9. The quantitative estimate of drug-likeness (QED) is 0.567. The fourth-order valence-electron chi connectivity index (χ4n) is 4.80. The van der Waals surface area contributed by atoms with Crippen molar-refractivity contribution in [3.63, 3.8) is 0 Å². The summed E-state index contributed by atoms with van der Waals surface area (Å²) >= 11 is 0. The second-order valence-electron chi connectivity index (χ2n) is 10.3.